The smallest absolute Gasteiger partial charge is 0.361 e. The maximum absolute atomic E-state index is 14.3. The van der Waals surface area contributed by atoms with E-state index in [0.29, 0.717) is 41.0 Å². The third kappa shape index (κ3) is 8.51. The number of hydrogen-bond donors (Lipinski definition) is 0. The molecule has 0 fully saturated rings. The molecule has 6 aromatic carbocycles. The second-order valence-electron chi connectivity index (χ2n) is 13.2. The molecule has 0 aliphatic carbocycles. The summed E-state index contributed by atoms with van der Waals surface area (Å²) in [5.41, 5.74) is 2.49. The van der Waals surface area contributed by atoms with Crippen LogP contribution in [0.4, 0.5) is 52.7 Å². The van der Waals surface area contributed by atoms with E-state index in [1.54, 1.807) is 62.4 Å². The van der Waals surface area contributed by atoms with E-state index < -0.39 is 80.5 Å². The molecule has 57 heavy (non-hydrogen) atoms. The van der Waals surface area contributed by atoms with E-state index in [1.165, 1.54) is 24.3 Å². The molecule has 0 aliphatic heterocycles. The molecule has 0 aromatic heterocycles. The van der Waals surface area contributed by atoms with Crippen molar-refractivity contribution >= 4 is 5.71 Å². The van der Waals surface area contributed by atoms with Crippen LogP contribution in [0.25, 0.3) is 50.0 Å². The van der Waals surface area contributed by atoms with Crippen LogP contribution >= 0.6 is 0 Å². The fraction of sp³-hybridized carbons (Fsp3) is 0.140. The first-order valence-corrected chi connectivity index (χ1v) is 16.8. The van der Waals surface area contributed by atoms with Crippen LogP contribution in [0.2, 0.25) is 0 Å². The highest BCUT2D eigenvalue weighted by atomic mass is 19.4. The first kappa shape index (κ1) is 40.5. The van der Waals surface area contributed by atoms with E-state index in [2.05, 4.69) is 4.79 Å². The van der Waals surface area contributed by atoms with Crippen molar-refractivity contribution in [2.45, 2.75) is 38.6 Å². The summed E-state index contributed by atoms with van der Waals surface area (Å²) in [4.78, 5) is 3.44. The van der Waals surface area contributed by atoms with Crippen LogP contribution in [-0.2, 0) is 24.7 Å². The standard InChI is InChI=1S/C43H26F12N2/c1-23-13-27(25-9-5-3-6-10-25)14-24(2)37(23)39(57-56)38-35(29-15-31(40(44,45)46)21-32(16-29)41(47,48)49)19-28(26-11-7-4-8-12-26)20-36(38)30-17-33(42(50,51)52)22-34(18-30)43(53,54)55/h3-22H,1-2H3. The highest BCUT2D eigenvalue weighted by Gasteiger charge is 2.40. The van der Waals surface area contributed by atoms with E-state index in [1.807, 2.05) is 0 Å². The number of hydrogen-bond acceptors (Lipinski definition) is 0. The summed E-state index contributed by atoms with van der Waals surface area (Å²) >= 11 is 0. The summed E-state index contributed by atoms with van der Waals surface area (Å²) in [6.45, 7) is 3.10. The molecule has 0 aliphatic rings. The van der Waals surface area contributed by atoms with Crippen molar-refractivity contribution < 1.29 is 57.5 Å². The molecule has 6 aromatic rings. The molecule has 0 unspecified atom stereocenters. The Labute approximate surface area is 317 Å². The molecule has 14 heteroatoms. The van der Waals surface area contributed by atoms with Gasteiger partial charge >= 0.3 is 30.4 Å². The van der Waals surface area contributed by atoms with Gasteiger partial charge in [-0.05, 0) is 118 Å². The van der Waals surface area contributed by atoms with Crippen molar-refractivity contribution in [2.75, 3.05) is 0 Å². The van der Waals surface area contributed by atoms with Crippen molar-refractivity contribution in [3.8, 4) is 44.5 Å². The van der Waals surface area contributed by atoms with Crippen LogP contribution in [0.1, 0.15) is 44.5 Å². The van der Waals surface area contributed by atoms with Crippen molar-refractivity contribution in [2.24, 2.45) is 0 Å². The minimum Gasteiger partial charge on any atom is -0.361 e. The largest absolute Gasteiger partial charge is 0.416 e. The van der Waals surface area contributed by atoms with Crippen LogP contribution in [-0.4, -0.2) is 10.5 Å². The minimum absolute atomic E-state index is 0.00792. The molecular formula is C43H26F12N2. The Hall–Kier alpha value is -6.14. The Morgan fingerprint density at radius 1 is 0.386 bits per heavy atom. The molecule has 0 bridgehead atoms. The summed E-state index contributed by atoms with van der Waals surface area (Å²) in [5, 5.41) is 0. The lowest BCUT2D eigenvalue weighted by Gasteiger charge is -2.21. The Bertz CT molecular complexity index is 2340. The molecule has 0 saturated carbocycles. The van der Waals surface area contributed by atoms with Gasteiger partial charge < -0.3 is 5.53 Å². The van der Waals surface area contributed by atoms with Gasteiger partial charge in [-0.3, -0.25) is 0 Å². The van der Waals surface area contributed by atoms with Crippen molar-refractivity contribution in [3.63, 3.8) is 0 Å². The number of rotatable bonds is 6. The van der Waals surface area contributed by atoms with Gasteiger partial charge in [0.1, 0.15) is 0 Å². The van der Waals surface area contributed by atoms with Gasteiger partial charge in [0.25, 0.3) is 0 Å². The van der Waals surface area contributed by atoms with Gasteiger partial charge in [-0.2, -0.15) is 57.5 Å². The van der Waals surface area contributed by atoms with Crippen LogP contribution in [0.5, 0.6) is 0 Å². The summed E-state index contributed by atoms with van der Waals surface area (Å²) in [6, 6.07) is 23.3. The number of aryl methyl sites for hydroxylation is 2. The lowest BCUT2D eigenvalue weighted by Crippen LogP contribution is -2.15. The fourth-order valence-corrected chi connectivity index (χ4v) is 6.73. The summed E-state index contributed by atoms with van der Waals surface area (Å²) in [7, 11) is 0. The van der Waals surface area contributed by atoms with Crippen molar-refractivity contribution in [1.29, 1.82) is 0 Å². The zero-order valence-electron chi connectivity index (χ0n) is 29.5. The lowest BCUT2D eigenvalue weighted by atomic mass is 9.81. The highest BCUT2D eigenvalue weighted by Crippen LogP contribution is 2.46. The zero-order valence-corrected chi connectivity index (χ0v) is 29.5. The van der Waals surface area contributed by atoms with E-state index in [9.17, 15) is 58.2 Å². The molecular weight excluding hydrogens is 772 g/mol. The van der Waals surface area contributed by atoms with Gasteiger partial charge in [-0.25, -0.2) is 0 Å². The average molecular weight is 799 g/mol. The van der Waals surface area contributed by atoms with Gasteiger partial charge in [0, 0.05) is 0 Å². The molecule has 0 spiro atoms. The first-order chi connectivity index (χ1) is 26.6. The SMILES string of the molecule is Cc1cc(-c2ccccc2)cc(C)c1C(=[N+]=[N-])c1c(-c2cc(C(F)(F)F)cc(C(F)(F)F)c2)cc(-c2ccccc2)cc1-c1cc(C(F)(F)F)cc(C(F)(F)F)c1. The normalized spacial score (nSPS) is 12.4. The maximum Gasteiger partial charge on any atom is 0.416 e. The number of nitrogens with zero attached hydrogens (tertiary/aromatic N) is 2. The molecule has 0 amide bonds. The molecule has 2 nitrogen and oxygen atoms in total. The Kier molecular flexibility index (Phi) is 10.5. The molecule has 0 saturated heterocycles. The monoisotopic (exact) mass is 798 g/mol. The first-order valence-electron chi connectivity index (χ1n) is 16.8. The van der Waals surface area contributed by atoms with Crippen LogP contribution in [0.15, 0.2) is 121 Å². The van der Waals surface area contributed by atoms with Gasteiger partial charge in [0.2, 0.25) is 0 Å². The predicted molar refractivity (Wildman–Crippen MR) is 191 cm³/mol. The maximum atomic E-state index is 14.3. The third-order valence-corrected chi connectivity index (χ3v) is 9.26. The second kappa shape index (κ2) is 14.7. The van der Waals surface area contributed by atoms with Crippen molar-refractivity contribution in [3.05, 3.63) is 171 Å². The van der Waals surface area contributed by atoms with Crippen molar-refractivity contribution in [1.82, 2.24) is 0 Å². The summed E-state index contributed by atoms with van der Waals surface area (Å²) in [6.07, 6.45) is -21.4. The van der Waals surface area contributed by atoms with Crippen LogP contribution in [0.3, 0.4) is 0 Å². The number of benzene rings is 6. The van der Waals surface area contributed by atoms with Crippen LogP contribution < -0.4 is 0 Å². The zero-order chi connectivity index (χ0) is 41.7. The van der Waals surface area contributed by atoms with Gasteiger partial charge in [0.15, 0.2) is 0 Å². The minimum atomic E-state index is -5.34. The van der Waals surface area contributed by atoms with Gasteiger partial charge in [-0.1, -0.05) is 72.8 Å². The van der Waals surface area contributed by atoms with E-state index in [-0.39, 0.29) is 28.8 Å². The summed E-state index contributed by atoms with van der Waals surface area (Å²) < 4.78 is 171. The molecule has 292 valence electrons. The predicted octanol–water partition coefficient (Wildman–Crippen LogP) is 14.1. The molecule has 0 atom stereocenters. The fourth-order valence-electron chi connectivity index (χ4n) is 6.73. The molecule has 0 radical (unpaired) electrons. The molecule has 0 N–H and O–H groups in total. The van der Waals surface area contributed by atoms with Crippen LogP contribution in [0, 0.1) is 13.8 Å². The highest BCUT2D eigenvalue weighted by molar-refractivity contribution is 6.19. The number of halogens is 12. The third-order valence-electron chi connectivity index (χ3n) is 9.26. The molecule has 0 heterocycles. The Morgan fingerprint density at radius 2 is 0.702 bits per heavy atom. The topological polar surface area (TPSA) is 36.4 Å². The Morgan fingerprint density at radius 3 is 1.00 bits per heavy atom. The Balaban J connectivity index is 1.83. The molecule has 6 rings (SSSR count). The van der Waals surface area contributed by atoms with E-state index in [0.717, 1.165) is 17.7 Å². The number of alkyl halides is 12. The average Bonchev–Trinajstić information content (AvgIpc) is 3.14. The quantitative estimate of drug-likeness (QED) is 0.0697. The summed E-state index contributed by atoms with van der Waals surface area (Å²) in [5.74, 6) is 0. The van der Waals surface area contributed by atoms with Gasteiger partial charge in [0.05, 0.1) is 33.4 Å². The lowest BCUT2D eigenvalue weighted by molar-refractivity contribution is -0.144. The second-order valence-corrected chi connectivity index (χ2v) is 13.2. The van der Waals surface area contributed by atoms with E-state index >= 15 is 0 Å². The van der Waals surface area contributed by atoms with Gasteiger partial charge in [-0.15, -0.1) is 0 Å². The van der Waals surface area contributed by atoms with E-state index in [4.69, 9.17) is 0 Å².